The third kappa shape index (κ3) is 6.54. The highest BCUT2D eigenvalue weighted by Gasteiger charge is 2.51. The first-order valence-electron chi connectivity index (χ1n) is 9.96. The molecule has 178 valence electrons. The zero-order valence-corrected chi connectivity index (χ0v) is 22.0. The topological polar surface area (TPSA) is 136 Å². The Labute approximate surface area is 212 Å². The fraction of sp³-hybridized carbons (Fsp3) is 0.300. The number of aldehydes is 2. The highest BCUT2D eigenvalue weighted by Crippen LogP contribution is 2.36. The van der Waals surface area contributed by atoms with Gasteiger partial charge in [-0.3, -0.25) is 19.8 Å². The summed E-state index contributed by atoms with van der Waals surface area (Å²) in [6.45, 7) is 8.14. The Bertz CT molecular complexity index is 1180. The number of carbonyl (C=O) groups is 2. The van der Waals surface area contributed by atoms with Gasteiger partial charge < -0.3 is 9.31 Å². The molecule has 0 saturated carbocycles. The van der Waals surface area contributed by atoms with Crippen LogP contribution in [0.2, 0.25) is 0 Å². The molecule has 2 N–H and O–H groups in total. The van der Waals surface area contributed by atoms with Crippen LogP contribution < -0.4 is 5.46 Å². The zero-order valence-electron chi connectivity index (χ0n) is 18.8. The Morgan fingerprint density at radius 2 is 1.47 bits per heavy atom. The van der Waals surface area contributed by atoms with Gasteiger partial charge in [0, 0.05) is 42.0 Å². The first-order chi connectivity index (χ1) is 16.1. The monoisotopic (exact) mass is 564 g/mol. The third-order valence-electron chi connectivity index (χ3n) is 5.04. The van der Waals surface area contributed by atoms with Crippen LogP contribution in [-0.2, 0) is 9.31 Å². The van der Waals surface area contributed by atoms with Crippen molar-refractivity contribution in [3.8, 4) is 10.6 Å². The molecule has 4 aromatic rings. The summed E-state index contributed by atoms with van der Waals surface area (Å²) in [5, 5.41) is 13.9. The molecule has 5 rings (SSSR count). The van der Waals surface area contributed by atoms with E-state index in [1.54, 1.807) is 31.0 Å². The van der Waals surface area contributed by atoms with E-state index in [-0.39, 0.29) is 18.3 Å². The van der Waals surface area contributed by atoms with Gasteiger partial charge in [-0.25, -0.2) is 9.97 Å². The highest BCUT2D eigenvalue weighted by atomic mass is 79.9. The minimum Gasteiger partial charge on any atom is -0.399 e. The maximum atomic E-state index is 10.3. The second-order valence-electron chi connectivity index (χ2n) is 7.93. The molecule has 0 atom stereocenters. The lowest BCUT2D eigenvalue weighted by molar-refractivity contribution is 0.00578. The summed E-state index contributed by atoms with van der Waals surface area (Å²) < 4.78 is 12.4. The Morgan fingerprint density at radius 1 is 0.882 bits per heavy atom. The molecule has 1 aliphatic rings. The largest absolute Gasteiger partial charge is 0.498 e. The molecule has 1 aliphatic heterocycles. The summed E-state index contributed by atoms with van der Waals surface area (Å²) in [6, 6.07) is 0. The van der Waals surface area contributed by atoms with Gasteiger partial charge in [-0.1, -0.05) is 0 Å². The average molecular weight is 565 g/mol. The van der Waals surface area contributed by atoms with Crippen molar-refractivity contribution in [1.29, 1.82) is 0 Å². The van der Waals surface area contributed by atoms with Gasteiger partial charge in [-0.05, 0) is 43.6 Å². The fourth-order valence-corrected chi connectivity index (χ4v) is 4.36. The SMILES string of the molecule is CC1(C)OB(c2cn[nH]c2)OC1(C)C.O=Cc1cnc(-c2cn[nH]c2)s1.O=Cc1cnc(Br)s1. The number of hydrogen-bond acceptors (Lipinski definition) is 10. The summed E-state index contributed by atoms with van der Waals surface area (Å²) in [4.78, 5) is 29.4. The minimum atomic E-state index is -0.307. The van der Waals surface area contributed by atoms with Crippen LogP contribution in [0.1, 0.15) is 47.0 Å². The van der Waals surface area contributed by atoms with Crippen LogP contribution in [0.5, 0.6) is 0 Å². The predicted octanol–water partition coefficient (Wildman–Crippen LogP) is 3.77. The van der Waals surface area contributed by atoms with Crippen LogP contribution in [0.4, 0.5) is 0 Å². The molecule has 0 amide bonds. The van der Waals surface area contributed by atoms with Crippen molar-refractivity contribution >= 4 is 63.8 Å². The van der Waals surface area contributed by atoms with Crippen molar-refractivity contribution in [2.24, 2.45) is 0 Å². The van der Waals surface area contributed by atoms with Crippen molar-refractivity contribution in [1.82, 2.24) is 30.4 Å². The smallest absolute Gasteiger partial charge is 0.399 e. The van der Waals surface area contributed by atoms with Gasteiger partial charge in [0.2, 0.25) is 0 Å². The second kappa shape index (κ2) is 11.3. The third-order valence-corrected chi connectivity index (χ3v) is 7.41. The fourth-order valence-electron chi connectivity index (χ4n) is 2.53. The lowest BCUT2D eigenvalue weighted by atomic mass is 9.82. The maximum absolute atomic E-state index is 10.3. The summed E-state index contributed by atoms with van der Waals surface area (Å²) in [5.74, 6) is 0. The number of aromatic amines is 2. The van der Waals surface area contributed by atoms with E-state index in [4.69, 9.17) is 9.31 Å². The van der Waals surface area contributed by atoms with Gasteiger partial charge >= 0.3 is 7.12 Å². The Hall–Kier alpha value is -2.52. The lowest BCUT2D eigenvalue weighted by Crippen LogP contribution is -2.41. The molecular weight excluding hydrogens is 543 g/mol. The molecule has 0 spiro atoms. The molecule has 34 heavy (non-hydrogen) atoms. The van der Waals surface area contributed by atoms with Gasteiger partial charge in [0.1, 0.15) is 5.01 Å². The van der Waals surface area contributed by atoms with Crippen LogP contribution in [0.3, 0.4) is 0 Å². The van der Waals surface area contributed by atoms with E-state index in [2.05, 4.69) is 46.3 Å². The molecule has 5 heterocycles. The molecule has 1 fully saturated rings. The molecule has 0 aliphatic carbocycles. The Kier molecular flexibility index (Phi) is 8.65. The summed E-state index contributed by atoms with van der Waals surface area (Å²) in [5.41, 5.74) is 1.28. The standard InChI is InChI=1S/C9H15BN2O2.C7H5N3OS.C4H2BrNOS/c1-8(2)9(3,4)14-10(13-8)7-5-11-12-6-7;11-4-6-3-8-7(12-6)5-1-9-10-2-5;5-4-6-1-3(2-7)8-4/h5-6H,1-4H3,(H,11,12);1-4H,(H,9,10);1-2H. The van der Waals surface area contributed by atoms with E-state index in [9.17, 15) is 9.59 Å². The first-order valence-corrected chi connectivity index (χ1v) is 12.4. The summed E-state index contributed by atoms with van der Waals surface area (Å²) in [7, 11) is -0.307. The second-order valence-corrected chi connectivity index (χ2v) is 11.3. The number of H-pyrrole nitrogens is 2. The van der Waals surface area contributed by atoms with Crippen LogP contribution in [0, 0.1) is 0 Å². The van der Waals surface area contributed by atoms with E-state index in [1.165, 1.54) is 28.9 Å². The van der Waals surface area contributed by atoms with E-state index in [1.807, 2.05) is 27.7 Å². The molecule has 0 aromatic carbocycles. The van der Waals surface area contributed by atoms with Gasteiger partial charge in [-0.2, -0.15) is 10.2 Å². The van der Waals surface area contributed by atoms with Gasteiger partial charge in [-0.15, -0.1) is 22.7 Å². The zero-order chi connectivity index (χ0) is 24.8. The Balaban J connectivity index is 0.000000148. The van der Waals surface area contributed by atoms with Gasteiger partial charge in [0.15, 0.2) is 16.5 Å². The van der Waals surface area contributed by atoms with Crippen LogP contribution >= 0.6 is 38.6 Å². The normalized spacial score (nSPS) is 15.6. The number of nitrogens with zero attached hydrogens (tertiary/aromatic N) is 4. The van der Waals surface area contributed by atoms with Crippen molar-refractivity contribution in [3.63, 3.8) is 0 Å². The van der Waals surface area contributed by atoms with Gasteiger partial charge in [0.25, 0.3) is 0 Å². The molecule has 14 heteroatoms. The average Bonchev–Trinajstić information content (AvgIpc) is 3.61. The molecule has 0 radical (unpaired) electrons. The van der Waals surface area contributed by atoms with Crippen LogP contribution in [-0.4, -0.2) is 61.3 Å². The minimum absolute atomic E-state index is 0.283. The van der Waals surface area contributed by atoms with E-state index in [0.717, 1.165) is 32.5 Å². The quantitative estimate of drug-likeness (QED) is 0.282. The van der Waals surface area contributed by atoms with E-state index < -0.39 is 0 Å². The number of hydrogen-bond donors (Lipinski definition) is 2. The highest BCUT2D eigenvalue weighted by molar-refractivity contribution is 9.11. The van der Waals surface area contributed by atoms with Crippen molar-refractivity contribution < 1.29 is 18.9 Å². The number of rotatable bonds is 4. The number of halogens is 1. The molecule has 1 saturated heterocycles. The van der Waals surface area contributed by atoms with Crippen molar-refractivity contribution in [2.75, 3.05) is 0 Å². The molecule has 4 aromatic heterocycles. The Morgan fingerprint density at radius 3 is 1.91 bits per heavy atom. The molecule has 10 nitrogen and oxygen atoms in total. The van der Waals surface area contributed by atoms with Gasteiger partial charge in [0.05, 0.1) is 27.2 Å². The predicted molar refractivity (Wildman–Crippen MR) is 135 cm³/mol. The number of carbonyl (C=O) groups excluding carboxylic acids is 2. The summed E-state index contributed by atoms with van der Waals surface area (Å²) in [6.07, 6.45) is 11.6. The van der Waals surface area contributed by atoms with Crippen molar-refractivity contribution in [3.05, 3.63) is 50.9 Å². The van der Waals surface area contributed by atoms with Crippen LogP contribution in [0.15, 0.2) is 41.1 Å². The first kappa shape index (κ1) is 26.1. The summed E-state index contributed by atoms with van der Waals surface area (Å²) >= 11 is 5.80. The van der Waals surface area contributed by atoms with E-state index in [0.29, 0.717) is 9.75 Å². The number of aromatic nitrogens is 6. The molecule has 0 bridgehead atoms. The maximum Gasteiger partial charge on any atom is 0.498 e. The molecule has 0 unspecified atom stereocenters. The lowest BCUT2D eigenvalue weighted by Gasteiger charge is -2.32. The van der Waals surface area contributed by atoms with Crippen LogP contribution in [0.25, 0.3) is 10.6 Å². The molecular formula is C20H22BBrN6O4S2. The number of nitrogens with one attached hydrogen (secondary N) is 2. The van der Waals surface area contributed by atoms with Crippen molar-refractivity contribution in [2.45, 2.75) is 38.9 Å². The van der Waals surface area contributed by atoms with E-state index >= 15 is 0 Å². The number of thiazole rings is 2.